The number of carbonyl (C=O) groups is 1. The maximum absolute atomic E-state index is 13.1. The maximum Gasteiger partial charge on any atom is 0.263 e. The SMILES string of the molecule is C[C@H]1CCc2c(sc3ncn([C@H](C)C(=O)N/N=C\c4ccc([O-])c([N+](=O)[O-])c4)c(=O)c23)C1. The van der Waals surface area contributed by atoms with Gasteiger partial charge in [0.15, 0.2) is 0 Å². The van der Waals surface area contributed by atoms with Gasteiger partial charge in [0.05, 0.1) is 22.9 Å². The second-order valence-electron chi connectivity index (χ2n) is 7.88. The van der Waals surface area contributed by atoms with Crippen LogP contribution in [0.1, 0.15) is 42.3 Å². The van der Waals surface area contributed by atoms with Crippen molar-refractivity contribution in [2.24, 2.45) is 11.0 Å². The van der Waals surface area contributed by atoms with Gasteiger partial charge in [0, 0.05) is 16.5 Å². The van der Waals surface area contributed by atoms with Gasteiger partial charge in [-0.3, -0.25) is 24.3 Å². The van der Waals surface area contributed by atoms with E-state index in [4.69, 9.17) is 0 Å². The number of nitro benzene ring substituents is 1. The van der Waals surface area contributed by atoms with Crippen LogP contribution in [0.5, 0.6) is 5.75 Å². The first-order chi connectivity index (χ1) is 15.3. The smallest absolute Gasteiger partial charge is 0.263 e. The first kappa shape index (κ1) is 21.6. The number of hydrazone groups is 1. The second-order valence-corrected chi connectivity index (χ2v) is 8.97. The average Bonchev–Trinajstić information content (AvgIpc) is 3.12. The van der Waals surface area contributed by atoms with Gasteiger partial charge < -0.3 is 5.11 Å². The summed E-state index contributed by atoms with van der Waals surface area (Å²) < 4.78 is 1.29. The minimum absolute atomic E-state index is 0.254. The number of hydrogen-bond donors (Lipinski definition) is 1. The van der Waals surface area contributed by atoms with Crippen LogP contribution in [0.2, 0.25) is 0 Å². The molecular formula is C21H20N5O5S-. The van der Waals surface area contributed by atoms with Gasteiger partial charge in [0.2, 0.25) is 0 Å². The number of hydrogen-bond acceptors (Lipinski definition) is 8. The van der Waals surface area contributed by atoms with Crippen LogP contribution < -0.4 is 16.1 Å². The molecule has 1 aromatic carbocycles. The number of nitro groups is 1. The highest BCUT2D eigenvalue weighted by atomic mass is 32.1. The van der Waals surface area contributed by atoms with Crippen LogP contribution in [-0.2, 0) is 17.6 Å². The summed E-state index contributed by atoms with van der Waals surface area (Å²) in [6.07, 6.45) is 5.35. The van der Waals surface area contributed by atoms with Crippen LogP contribution in [0.3, 0.4) is 0 Å². The van der Waals surface area contributed by atoms with E-state index in [1.165, 1.54) is 28.1 Å². The van der Waals surface area contributed by atoms with E-state index in [1.54, 1.807) is 18.3 Å². The molecule has 1 aliphatic rings. The van der Waals surface area contributed by atoms with Crippen molar-refractivity contribution in [3.63, 3.8) is 0 Å². The molecule has 32 heavy (non-hydrogen) atoms. The third kappa shape index (κ3) is 3.98. The molecule has 1 N–H and O–H groups in total. The number of thiophene rings is 1. The molecule has 1 aliphatic carbocycles. The molecule has 2 heterocycles. The molecule has 0 radical (unpaired) electrons. The summed E-state index contributed by atoms with van der Waals surface area (Å²) in [5, 5.41) is 26.7. The number of benzene rings is 1. The van der Waals surface area contributed by atoms with Gasteiger partial charge in [-0.25, -0.2) is 10.4 Å². The minimum atomic E-state index is -0.868. The Morgan fingerprint density at radius 1 is 1.47 bits per heavy atom. The molecule has 0 bridgehead atoms. The topological polar surface area (TPSA) is 143 Å². The first-order valence-electron chi connectivity index (χ1n) is 10.1. The number of amides is 1. The fourth-order valence-corrected chi connectivity index (χ4v) is 5.11. The van der Waals surface area contributed by atoms with Crippen molar-refractivity contribution in [1.29, 1.82) is 0 Å². The Morgan fingerprint density at radius 2 is 2.25 bits per heavy atom. The summed E-state index contributed by atoms with van der Waals surface area (Å²) in [7, 11) is 0. The Kier molecular flexibility index (Phi) is 5.74. The van der Waals surface area contributed by atoms with Crippen molar-refractivity contribution < 1.29 is 14.8 Å². The Hall–Kier alpha value is -3.60. The van der Waals surface area contributed by atoms with E-state index in [1.807, 2.05) is 0 Å². The zero-order chi connectivity index (χ0) is 23.0. The Balaban J connectivity index is 1.54. The molecule has 166 valence electrons. The van der Waals surface area contributed by atoms with Crippen LogP contribution >= 0.6 is 11.3 Å². The third-order valence-electron chi connectivity index (χ3n) is 5.61. The predicted molar refractivity (Wildman–Crippen MR) is 118 cm³/mol. The summed E-state index contributed by atoms with van der Waals surface area (Å²) >= 11 is 1.54. The van der Waals surface area contributed by atoms with Crippen molar-refractivity contribution in [2.45, 2.75) is 39.2 Å². The number of carbonyl (C=O) groups excluding carboxylic acids is 1. The highest BCUT2D eigenvalue weighted by Gasteiger charge is 2.25. The third-order valence-corrected chi connectivity index (χ3v) is 6.77. The van der Waals surface area contributed by atoms with E-state index in [-0.39, 0.29) is 11.1 Å². The lowest BCUT2D eigenvalue weighted by Crippen LogP contribution is -2.34. The van der Waals surface area contributed by atoms with E-state index in [2.05, 4.69) is 22.4 Å². The van der Waals surface area contributed by atoms with E-state index in [0.717, 1.165) is 37.0 Å². The van der Waals surface area contributed by atoms with Crippen LogP contribution in [0.25, 0.3) is 10.2 Å². The van der Waals surface area contributed by atoms with E-state index in [0.29, 0.717) is 16.1 Å². The Labute approximate surface area is 186 Å². The van der Waals surface area contributed by atoms with Crippen molar-refractivity contribution in [1.82, 2.24) is 15.0 Å². The molecule has 0 saturated carbocycles. The fourth-order valence-electron chi connectivity index (χ4n) is 3.77. The zero-order valence-corrected chi connectivity index (χ0v) is 18.2. The van der Waals surface area contributed by atoms with Gasteiger partial charge in [-0.15, -0.1) is 11.3 Å². The molecule has 0 aliphatic heterocycles. The number of nitrogens with one attached hydrogen (secondary N) is 1. The Bertz CT molecular complexity index is 1310. The maximum atomic E-state index is 13.1. The summed E-state index contributed by atoms with van der Waals surface area (Å²) in [6, 6.07) is 2.63. The van der Waals surface area contributed by atoms with Gasteiger partial charge in [-0.2, -0.15) is 5.10 Å². The molecule has 0 unspecified atom stereocenters. The molecule has 10 nitrogen and oxygen atoms in total. The molecule has 2 atom stereocenters. The molecule has 4 rings (SSSR count). The molecule has 0 fully saturated rings. The first-order valence-corrected chi connectivity index (χ1v) is 10.9. The Morgan fingerprint density at radius 3 is 3.00 bits per heavy atom. The standard InChI is InChI=1S/C21H21N5O5S/c1-11-3-5-14-17(7-11)32-20-18(14)21(29)25(10-22-20)12(2)19(28)24-23-9-13-4-6-16(27)15(8-13)26(30)31/h4,6,8-12,27H,3,5,7H2,1-2H3,(H,24,28)/p-1/b23-9-/t11-,12+/m0/s1. The average molecular weight is 454 g/mol. The van der Waals surface area contributed by atoms with Gasteiger partial charge in [-0.1, -0.05) is 19.1 Å². The fraction of sp³-hybridized carbons (Fsp3) is 0.333. The second kappa shape index (κ2) is 8.50. The van der Waals surface area contributed by atoms with Crippen molar-refractivity contribution in [2.75, 3.05) is 0 Å². The largest absolute Gasteiger partial charge is 0.868 e. The zero-order valence-electron chi connectivity index (χ0n) is 17.4. The lowest BCUT2D eigenvalue weighted by atomic mass is 9.89. The highest BCUT2D eigenvalue weighted by molar-refractivity contribution is 7.18. The molecule has 2 aromatic heterocycles. The highest BCUT2D eigenvalue weighted by Crippen LogP contribution is 2.35. The quantitative estimate of drug-likeness (QED) is 0.356. The van der Waals surface area contributed by atoms with Gasteiger partial charge >= 0.3 is 0 Å². The van der Waals surface area contributed by atoms with Crippen LogP contribution in [0.15, 0.2) is 34.4 Å². The van der Waals surface area contributed by atoms with Crippen LogP contribution in [0.4, 0.5) is 5.69 Å². The molecule has 3 aromatic rings. The number of nitrogens with zero attached hydrogens (tertiary/aromatic N) is 4. The summed E-state index contributed by atoms with van der Waals surface area (Å²) in [4.78, 5) is 42.1. The summed E-state index contributed by atoms with van der Waals surface area (Å²) in [6.45, 7) is 3.76. The van der Waals surface area contributed by atoms with E-state index in [9.17, 15) is 24.8 Å². The molecule has 11 heteroatoms. The van der Waals surface area contributed by atoms with Gasteiger partial charge in [-0.05, 0) is 43.4 Å². The lowest BCUT2D eigenvalue weighted by Gasteiger charge is -2.18. The molecule has 1 amide bonds. The minimum Gasteiger partial charge on any atom is -0.868 e. The monoisotopic (exact) mass is 454 g/mol. The van der Waals surface area contributed by atoms with Gasteiger partial charge in [0.1, 0.15) is 10.9 Å². The predicted octanol–water partition coefficient (Wildman–Crippen LogP) is 2.28. The van der Waals surface area contributed by atoms with E-state index < -0.39 is 28.3 Å². The molecule has 0 spiro atoms. The van der Waals surface area contributed by atoms with Crippen LogP contribution in [-0.4, -0.2) is 26.6 Å². The number of aryl methyl sites for hydroxylation is 1. The number of aromatic nitrogens is 2. The van der Waals surface area contributed by atoms with Gasteiger partial charge in [0.25, 0.3) is 17.2 Å². The van der Waals surface area contributed by atoms with Crippen LogP contribution in [0, 0.1) is 16.0 Å². The molecular weight excluding hydrogens is 434 g/mol. The number of rotatable bonds is 5. The van der Waals surface area contributed by atoms with Crippen molar-refractivity contribution in [3.05, 3.63) is 61.0 Å². The van der Waals surface area contributed by atoms with Crippen molar-refractivity contribution in [3.8, 4) is 5.75 Å². The number of fused-ring (bicyclic) bond motifs is 3. The van der Waals surface area contributed by atoms with Crippen molar-refractivity contribution >= 4 is 39.4 Å². The summed E-state index contributed by atoms with van der Waals surface area (Å²) in [5.41, 5.74) is 2.82. The van der Waals surface area contributed by atoms with E-state index >= 15 is 0 Å². The summed E-state index contributed by atoms with van der Waals surface area (Å²) in [5.74, 6) is -0.680. The normalized spacial score (nSPS) is 16.8. The molecule has 0 saturated heterocycles. The lowest BCUT2D eigenvalue weighted by molar-refractivity contribution is -0.398.